The van der Waals surface area contributed by atoms with E-state index < -0.39 is 96.5 Å². The Bertz CT molecular complexity index is 2670. The maximum Gasteiger partial charge on any atom is 0.331 e. The van der Waals surface area contributed by atoms with Gasteiger partial charge in [0.15, 0.2) is 40.6 Å². The van der Waals surface area contributed by atoms with Crippen molar-refractivity contribution in [2.45, 2.75) is 145 Å². The highest BCUT2D eigenvalue weighted by atomic mass is 35.5. The van der Waals surface area contributed by atoms with E-state index in [0.29, 0.717) is 22.1 Å². The molecule has 0 saturated carbocycles. The average molecular weight is 992 g/mol. The number of carbonyl (C=O) groups is 2. The summed E-state index contributed by atoms with van der Waals surface area (Å²) in [6.45, 7) is 8.64. The number of phenols is 1. The van der Waals surface area contributed by atoms with Crippen LogP contribution in [0.4, 0.5) is 0 Å². The molecule has 3 fully saturated rings. The summed E-state index contributed by atoms with van der Waals surface area (Å²) in [7, 11) is 6.55. The Labute approximate surface area is 409 Å². The Balaban J connectivity index is 1.09. The summed E-state index contributed by atoms with van der Waals surface area (Å²) in [6, 6.07) is 5.72. The monoisotopic (exact) mass is 991 g/mol. The van der Waals surface area contributed by atoms with Crippen molar-refractivity contribution in [3.8, 4) is 40.6 Å². The molecule has 14 atom stereocenters. The Hall–Kier alpha value is -5.24. The lowest BCUT2D eigenvalue weighted by atomic mass is 9.88. The SMILES string of the molecule is COc1c(OC(C)C)cc2cc(O)c(C(=O)NC3Cc4ccc(c(Cl)n4)O[C@@H]4C=C5C#CC(=C[C@@H]6OC56[C@@H]4O[C@H]4C[C@@](C)(O)C(O)[C@H](C)O4)C(O[C@H]4C[C@H](O)[C@H](N(C)C)[C@H](C)O4)OC3=O)cc2c1OC. The predicted octanol–water partition coefficient (Wildman–Crippen LogP) is 3.47. The van der Waals surface area contributed by atoms with Crippen LogP contribution >= 0.6 is 11.6 Å². The van der Waals surface area contributed by atoms with Gasteiger partial charge in [0.25, 0.3) is 5.91 Å². The maximum absolute atomic E-state index is 14.8. The Morgan fingerprint density at radius 2 is 1.74 bits per heavy atom. The number of aliphatic hydroxyl groups is 3. The lowest BCUT2D eigenvalue weighted by molar-refractivity contribution is -0.290. The number of pyridine rings is 1. The molecule has 19 nitrogen and oxygen atoms in total. The van der Waals surface area contributed by atoms with Crippen molar-refractivity contribution in [1.29, 1.82) is 0 Å². The van der Waals surface area contributed by atoms with Crippen molar-refractivity contribution in [1.82, 2.24) is 15.2 Å². The van der Waals surface area contributed by atoms with Crippen molar-refractivity contribution in [2.24, 2.45) is 0 Å². The number of halogens is 1. The number of likely N-dealkylation sites (N-methyl/N-ethyl adjacent to an activating group) is 1. The van der Waals surface area contributed by atoms with E-state index in [0.717, 1.165) is 0 Å². The number of hydrogen-bond acceptors (Lipinski definition) is 18. The van der Waals surface area contributed by atoms with Gasteiger partial charge in [0.2, 0.25) is 12.0 Å². The van der Waals surface area contributed by atoms with Crippen LogP contribution in [0.5, 0.6) is 28.7 Å². The number of ether oxygens (including phenoxy) is 10. The van der Waals surface area contributed by atoms with Crippen molar-refractivity contribution in [2.75, 3.05) is 28.3 Å². The Morgan fingerprint density at radius 3 is 2.41 bits per heavy atom. The van der Waals surface area contributed by atoms with Gasteiger partial charge in [-0.3, -0.25) is 4.79 Å². The molecular weight excluding hydrogens is 934 g/mol. The number of amides is 1. The summed E-state index contributed by atoms with van der Waals surface area (Å²) < 4.78 is 62.0. The van der Waals surface area contributed by atoms with Gasteiger partial charge >= 0.3 is 5.97 Å². The lowest BCUT2D eigenvalue weighted by Crippen LogP contribution is -2.57. The highest BCUT2D eigenvalue weighted by Crippen LogP contribution is 2.55. The van der Waals surface area contributed by atoms with Gasteiger partial charge in [-0.2, -0.15) is 0 Å². The number of esters is 1. The normalized spacial score (nSPS) is 34.5. The zero-order valence-electron chi connectivity index (χ0n) is 40.1. The number of hydrogen-bond donors (Lipinski definition) is 5. The summed E-state index contributed by atoms with van der Waals surface area (Å²) in [6.07, 6.45) is -6.87. The van der Waals surface area contributed by atoms with Gasteiger partial charge < -0.3 is 78.0 Å². The van der Waals surface area contributed by atoms with E-state index >= 15 is 0 Å². The molecule has 3 aromatic rings. The molecule has 70 heavy (non-hydrogen) atoms. The molecule has 1 amide bonds. The van der Waals surface area contributed by atoms with Crippen LogP contribution < -0.4 is 24.3 Å². The molecule has 2 aromatic carbocycles. The minimum atomic E-state index is -1.59. The molecule has 8 heterocycles. The largest absolute Gasteiger partial charge is 0.507 e. The molecule has 7 aliphatic heterocycles. The molecule has 1 spiro atoms. The fourth-order valence-corrected chi connectivity index (χ4v) is 10.3. The van der Waals surface area contributed by atoms with E-state index in [1.54, 1.807) is 44.2 Å². The highest BCUT2D eigenvalue weighted by Gasteiger charge is 2.70. The summed E-state index contributed by atoms with van der Waals surface area (Å²) in [5.74, 6) is 5.04. The molecule has 1 aromatic heterocycles. The molecule has 2 aliphatic carbocycles. The first kappa shape index (κ1) is 49.7. The molecule has 6 bridgehead atoms. The first-order valence-electron chi connectivity index (χ1n) is 23.1. The first-order chi connectivity index (χ1) is 33.2. The third kappa shape index (κ3) is 9.26. The van der Waals surface area contributed by atoms with Crippen molar-refractivity contribution in [3.63, 3.8) is 0 Å². The fourth-order valence-electron chi connectivity index (χ4n) is 10.1. The maximum atomic E-state index is 14.8. The number of nitrogens with one attached hydrogen (secondary N) is 1. The third-order valence-corrected chi connectivity index (χ3v) is 13.7. The molecule has 9 aliphatic rings. The van der Waals surface area contributed by atoms with Crippen molar-refractivity contribution < 1.29 is 77.4 Å². The second-order valence-corrected chi connectivity index (χ2v) is 19.5. The van der Waals surface area contributed by atoms with E-state index in [4.69, 9.17) is 59.0 Å². The standard InChI is InChI=1S/C50H58ClN3O16/c1-22(2)63-35-15-26-14-32(55)30(19-29(26)41(61-8)42(35)62-9)46(58)53-31-18-28-12-13-34(45(51)52-28)66-36-17-27-11-10-25(48(69-47(31)59)68-38-20-33(56)40(54(6)7)23(3)64-38)16-37-50(27,70-37)44(36)67-39-21-49(5,60)43(57)24(4)65-39/h12-17,19,22-24,31,33,36-40,43-44,48,55-57,60H,18,20-21H2,1-9H3,(H,53,58)/t23-,24-,31?,33-,36+,37-,38-,39-,40+,43?,44+,48?,49+,50?/m0/s1. The Morgan fingerprint density at radius 1 is 1.00 bits per heavy atom. The highest BCUT2D eigenvalue weighted by molar-refractivity contribution is 6.30. The molecule has 20 heteroatoms. The second kappa shape index (κ2) is 19.1. The van der Waals surface area contributed by atoms with Crippen LogP contribution in [0.25, 0.3) is 10.8 Å². The number of fused-ring (bicyclic) bond motifs is 1. The smallest absolute Gasteiger partial charge is 0.331 e. The van der Waals surface area contributed by atoms with E-state index in [2.05, 4.69) is 22.1 Å². The number of phenolic OH excluding ortho intramolecular Hbond substituents is 1. The number of rotatable bonds is 11. The van der Waals surface area contributed by atoms with Crippen molar-refractivity contribution in [3.05, 3.63) is 70.0 Å². The number of epoxide rings is 1. The van der Waals surface area contributed by atoms with Crippen LogP contribution in [0.15, 0.2) is 53.6 Å². The number of aromatic hydroxyl groups is 1. The van der Waals surface area contributed by atoms with Crippen molar-refractivity contribution >= 4 is 34.2 Å². The first-order valence-corrected chi connectivity index (χ1v) is 23.5. The molecular formula is C50H58ClN3O16. The molecule has 0 radical (unpaired) electrons. The second-order valence-electron chi connectivity index (χ2n) is 19.2. The lowest BCUT2D eigenvalue weighted by Gasteiger charge is -2.43. The van der Waals surface area contributed by atoms with Crippen LogP contribution in [-0.4, -0.2) is 161 Å². The summed E-state index contributed by atoms with van der Waals surface area (Å²) in [5, 5.41) is 48.0. The molecule has 376 valence electrons. The third-order valence-electron chi connectivity index (χ3n) is 13.5. The number of methoxy groups -OCH3 is 2. The number of benzene rings is 2. The topological polar surface area (TPSA) is 239 Å². The van der Waals surface area contributed by atoms with E-state index in [1.807, 2.05) is 32.8 Å². The fraction of sp³-hybridized carbons (Fsp3) is 0.540. The number of carbonyl (C=O) groups excluding carboxylic acids is 2. The van der Waals surface area contributed by atoms with Gasteiger partial charge in [-0.15, -0.1) is 0 Å². The molecule has 12 rings (SSSR count). The number of aliphatic hydroxyl groups excluding tert-OH is 2. The minimum Gasteiger partial charge on any atom is -0.507 e. The van der Waals surface area contributed by atoms with Crippen LogP contribution in [0.1, 0.15) is 63.5 Å². The van der Waals surface area contributed by atoms with Crippen LogP contribution in [-0.2, 0) is 39.6 Å². The van der Waals surface area contributed by atoms with Crippen LogP contribution in [0.2, 0.25) is 5.15 Å². The van der Waals surface area contributed by atoms with Gasteiger partial charge in [0.05, 0.1) is 61.4 Å². The summed E-state index contributed by atoms with van der Waals surface area (Å²) >= 11 is 6.83. The van der Waals surface area contributed by atoms with E-state index in [-0.39, 0.29) is 70.6 Å². The van der Waals surface area contributed by atoms with E-state index in [9.17, 15) is 30.0 Å². The zero-order chi connectivity index (χ0) is 50.1. The predicted molar refractivity (Wildman–Crippen MR) is 249 cm³/mol. The van der Waals surface area contributed by atoms with E-state index in [1.165, 1.54) is 33.3 Å². The molecule has 5 N–H and O–H groups in total. The zero-order valence-corrected chi connectivity index (χ0v) is 40.9. The summed E-state index contributed by atoms with van der Waals surface area (Å²) in [4.78, 5) is 35.6. The van der Waals surface area contributed by atoms with Crippen LogP contribution in [0, 0.1) is 11.8 Å². The average Bonchev–Trinajstić information content (AvgIpc) is 3.96. The quantitative estimate of drug-likeness (QED) is 0.0800. The number of aromatic nitrogens is 1. The Kier molecular flexibility index (Phi) is 13.5. The van der Waals surface area contributed by atoms with Crippen LogP contribution in [0.3, 0.4) is 0 Å². The molecule has 3 saturated heterocycles. The number of nitrogens with zero attached hydrogens (tertiary/aromatic N) is 2. The van der Waals surface area contributed by atoms with Gasteiger partial charge in [-0.05, 0) is 96.6 Å². The van der Waals surface area contributed by atoms with Gasteiger partial charge in [0.1, 0.15) is 36.2 Å². The van der Waals surface area contributed by atoms with Gasteiger partial charge in [-0.1, -0.05) is 23.4 Å². The van der Waals surface area contributed by atoms with Gasteiger partial charge in [-0.25, -0.2) is 9.78 Å². The minimum absolute atomic E-state index is 0.000306. The van der Waals surface area contributed by atoms with Gasteiger partial charge in [0, 0.05) is 35.9 Å². The summed E-state index contributed by atoms with van der Waals surface area (Å²) in [5.41, 5.74) is -2.14. The molecule has 4 unspecified atom stereocenters.